The molecule has 0 spiro atoms. The molecule has 25 heavy (non-hydrogen) atoms. The predicted octanol–water partition coefficient (Wildman–Crippen LogP) is 2.08. The average molecular weight is 338 g/mol. The van der Waals surface area contributed by atoms with Crippen molar-refractivity contribution in [2.24, 2.45) is 0 Å². The van der Waals surface area contributed by atoms with E-state index in [2.05, 4.69) is 27.4 Å². The standard InChI is InChI=1S/C19H22N4O2/c24-17-6-9-21-19(22-17)14-7-10-23(12-14)18(25)11-13-5-8-20-16-4-2-1-3-15(13)16/h1-4,6,9,13-14,20H,5,7-8,10-12H2,(H,21,22,24). The smallest absolute Gasteiger partial charge is 0.250 e. The van der Waals surface area contributed by atoms with Crippen LogP contribution in [0.1, 0.15) is 42.5 Å². The average Bonchev–Trinajstić information content (AvgIpc) is 3.12. The monoisotopic (exact) mass is 338 g/mol. The Balaban J connectivity index is 1.42. The van der Waals surface area contributed by atoms with Crippen LogP contribution in [0.2, 0.25) is 0 Å². The first-order valence-electron chi connectivity index (χ1n) is 8.86. The summed E-state index contributed by atoms with van der Waals surface area (Å²) in [5, 5.41) is 3.40. The first-order chi connectivity index (χ1) is 12.2. The maximum Gasteiger partial charge on any atom is 0.250 e. The van der Waals surface area contributed by atoms with Crippen LogP contribution >= 0.6 is 0 Å². The van der Waals surface area contributed by atoms with Crippen molar-refractivity contribution in [3.05, 3.63) is 58.3 Å². The number of carbonyl (C=O) groups is 1. The van der Waals surface area contributed by atoms with E-state index in [9.17, 15) is 9.59 Å². The summed E-state index contributed by atoms with van der Waals surface area (Å²) in [6.45, 7) is 2.28. The van der Waals surface area contributed by atoms with Crippen molar-refractivity contribution < 1.29 is 4.79 Å². The molecule has 2 atom stereocenters. The van der Waals surface area contributed by atoms with E-state index in [0.717, 1.165) is 31.6 Å². The van der Waals surface area contributed by atoms with E-state index in [4.69, 9.17) is 0 Å². The molecular weight excluding hydrogens is 316 g/mol. The molecule has 0 saturated carbocycles. The fraction of sp³-hybridized carbons (Fsp3) is 0.421. The lowest BCUT2D eigenvalue weighted by Crippen LogP contribution is -2.31. The number of aromatic amines is 1. The van der Waals surface area contributed by atoms with Crippen LogP contribution in [-0.4, -0.2) is 40.4 Å². The summed E-state index contributed by atoms with van der Waals surface area (Å²) < 4.78 is 0. The minimum absolute atomic E-state index is 0.123. The minimum atomic E-state index is -0.138. The fourth-order valence-electron chi connectivity index (χ4n) is 3.91. The van der Waals surface area contributed by atoms with Gasteiger partial charge in [0.2, 0.25) is 5.91 Å². The Bertz CT molecular complexity index is 832. The van der Waals surface area contributed by atoms with Crippen molar-refractivity contribution in [3.63, 3.8) is 0 Å². The lowest BCUT2D eigenvalue weighted by atomic mass is 9.88. The van der Waals surface area contributed by atoms with Crippen LogP contribution in [0.25, 0.3) is 0 Å². The number of rotatable bonds is 3. The Morgan fingerprint density at radius 1 is 1.24 bits per heavy atom. The first kappa shape index (κ1) is 15.9. The molecule has 2 aliphatic heterocycles. The SMILES string of the molecule is O=C(CC1CCNc2ccccc21)N1CCC(c2nccc(=O)[nH]2)C1. The highest BCUT2D eigenvalue weighted by atomic mass is 16.2. The Morgan fingerprint density at radius 3 is 3.00 bits per heavy atom. The molecular formula is C19H22N4O2. The number of fused-ring (bicyclic) bond motifs is 1. The van der Waals surface area contributed by atoms with Crippen LogP contribution in [0.4, 0.5) is 5.69 Å². The lowest BCUT2D eigenvalue weighted by molar-refractivity contribution is -0.130. The van der Waals surface area contributed by atoms with Gasteiger partial charge in [-0.1, -0.05) is 18.2 Å². The fourth-order valence-corrected chi connectivity index (χ4v) is 3.91. The van der Waals surface area contributed by atoms with E-state index < -0.39 is 0 Å². The number of benzene rings is 1. The zero-order chi connectivity index (χ0) is 17.2. The normalized spacial score (nSPS) is 22.3. The number of likely N-dealkylation sites (tertiary alicyclic amines) is 1. The molecule has 6 heteroatoms. The second kappa shape index (κ2) is 6.70. The molecule has 2 unspecified atom stereocenters. The molecule has 1 amide bonds. The highest BCUT2D eigenvalue weighted by Gasteiger charge is 2.31. The van der Waals surface area contributed by atoms with Crippen molar-refractivity contribution in [3.8, 4) is 0 Å². The Kier molecular flexibility index (Phi) is 4.26. The van der Waals surface area contributed by atoms with Crippen LogP contribution in [0, 0.1) is 0 Å². The first-order valence-corrected chi connectivity index (χ1v) is 8.86. The van der Waals surface area contributed by atoms with Crippen LogP contribution in [0.5, 0.6) is 0 Å². The Morgan fingerprint density at radius 2 is 2.12 bits per heavy atom. The van der Waals surface area contributed by atoms with Gasteiger partial charge in [0, 0.05) is 49.9 Å². The van der Waals surface area contributed by atoms with E-state index in [1.165, 1.54) is 17.8 Å². The molecule has 1 aromatic carbocycles. The van der Waals surface area contributed by atoms with E-state index >= 15 is 0 Å². The number of carbonyl (C=O) groups excluding carboxylic acids is 1. The molecule has 1 fully saturated rings. The summed E-state index contributed by atoms with van der Waals surface area (Å²) in [4.78, 5) is 33.2. The molecule has 0 bridgehead atoms. The van der Waals surface area contributed by atoms with Crippen molar-refractivity contribution in [2.75, 3.05) is 25.0 Å². The maximum atomic E-state index is 12.8. The number of aromatic nitrogens is 2. The van der Waals surface area contributed by atoms with E-state index in [1.807, 2.05) is 17.0 Å². The molecule has 2 N–H and O–H groups in total. The lowest BCUT2D eigenvalue weighted by Gasteiger charge is -2.28. The highest BCUT2D eigenvalue weighted by Crippen LogP contribution is 2.35. The Labute approximate surface area is 146 Å². The molecule has 6 nitrogen and oxygen atoms in total. The summed E-state index contributed by atoms with van der Waals surface area (Å²) in [6, 6.07) is 9.66. The van der Waals surface area contributed by atoms with E-state index in [1.54, 1.807) is 0 Å². The summed E-state index contributed by atoms with van der Waals surface area (Å²) in [6.07, 6.45) is 3.91. The van der Waals surface area contributed by atoms with Crippen molar-refractivity contribution in [1.82, 2.24) is 14.9 Å². The second-order valence-corrected chi connectivity index (χ2v) is 6.85. The molecule has 3 heterocycles. The van der Waals surface area contributed by atoms with Crippen LogP contribution in [-0.2, 0) is 4.79 Å². The number of H-pyrrole nitrogens is 1. The van der Waals surface area contributed by atoms with Gasteiger partial charge in [-0.05, 0) is 30.4 Å². The van der Waals surface area contributed by atoms with Gasteiger partial charge in [0.1, 0.15) is 5.82 Å². The maximum absolute atomic E-state index is 12.8. The third-order valence-electron chi connectivity index (χ3n) is 5.25. The largest absolute Gasteiger partial charge is 0.385 e. The van der Waals surface area contributed by atoms with E-state index in [0.29, 0.717) is 18.8 Å². The molecule has 0 aliphatic carbocycles. The van der Waals surface area contributed by atoms with Crippen LogP contribution in [0.3, 0.4) is 0 Å². The summed E-state index contributed by atoms with van der Waals surface area (Å²) in [7, 11) is 0. The number of hydrogen-bond acceptors (Lipinski definition) is 4. The summed E-state index contributed by atoms with van der Waals surface area (Å²) >= 11 is 0. The van der Waals surface area contributed by atoms with Gasteiger partial charge < -0.3 is 15.2 Å². The molecule has 4 rings (SSSR count). The van der Waals surface area contributed by atoms with Crippen molar-refractivity contribution in [2.45, 2.75) is 31.1 Å². The number of amides is 1. The van der Waals surface area contributed by atoms with Gasteiger partial charge in [-0.15, -0.1) is 0 Å². The number of anilines is 1. The van der Waals surface area contributed by atoms with Crippen molar-refractivity contribution >= 4 is 11.6 Å². The zero-order valence-corrected chi connectivity index (χ0v) is 14.1. The van der Waals surface area contributed by atoms with Gasteiger partial charge in [-0.25, -0.2) is 4.98 Å². The molecule has 1 aromatic heterocycles. The van der Waals surface area contributed by atoms with Gasteiger partial charge in [0.15, 0.2) is 0 Å². The van der Waals surface area contributed by atoms with Crippen molar-refractivity contribution in [1.29, 1.82) is 0 Å². The molecule has 130 valence electrons. The Hall–Kier alpha value is -2.63. The summed E-state index contributed by atoms with van der Waals surface area (Å²) in [5.41, 5.74) is 2.25. The molecule has 0 radical (unpaired) electrons. The number of para-hydroxylation sites is 1. The second-order valence-electron chi connectivity index (χ2n) is 6.85. The number of hydrogen-bond donors (Lipinski definition) is 2. The zero-order valence-electron chi connectivity index (χ0n) is 14.1. The third kappa shape index (κ3) is 3.29. The van der Waals surface area contributed by atoms with Gasteiger partial charge in [-0.2, -0.15) is 0 Å². The number of nitrogens with zero attached hydrogens (tertiary/aromatic N) is 2. The highest BCUT2D eigenvalue weighted by molar-refractivity contribution is 5.78. The number of nitrogens with one attached hydrogen (secondary N) is 2. The van der Waals surface area contributed by atoms with Gasteiger partial charge in [-0.3, -0.25) is 9.59 Å². The molecule has 2 aromatic rings. The van der Waals surface area contributed by atoms with Crippen LogP contribution < -0.4 is 10.9 Å². The predicted molar refractivity (Wildman–Crippen MR) is 95.7 cm³/mol. The van der Waals surface area contributed by atoms with Gasteiger partial charge in [0.25, 0.3) is 5.56 Å². The van der Waals surface area contributed by atoms with Gasteiger partial charge >= 0.3 is 0 Å². The quantitative estimate of drug-likeness (QED) is 0.898. The van der Waals surface area contributed by atoms with Crippen LogP contribution in [0.15, 0.2) is 41.3 Å². The third-order valence-corrected chi connectivity index (χ3v) is 5.25. The summed E-state index contributed by atoms with van der Waals surface area (Å²) in [5.74, 6) is 1.29. The van der Waals surface area contributed by atoms with Gasteiger partial charge in [0.05, 0.1) is 0 Å². The molecule has 2 aliphatic rings. The molecule has 1 saturated heterocycles. The topological polar surface area (TPSA) is 78.1 Å². The van der Waals surface area contributed by atoms with E-state index in [-0.39, 0.29) is 23.3 Å². The minimum Gasteiger partial charge on any atom is -0.385 e.